The molecule has 1 fully saturated rings. The molecule has 7 heteroatoms. The number of anilines is 1. The minimum absolute atomic E-state index is 0. The molecule has 126 valence electrons. The van der Waals surface area contributed by atoms with Crippen LogP contribution in [-0.4, -0.2) is 28.0 Å². The summed E-state index contributed by atoms with van der Waals surface area (Å²) in [5.74, 6) is 0.0754. The zero-order valence-corrected chi connectivity index (χ0v) is 14.4. The lowest BCUT2D eigenvalue weighted by atomic mass is 10.1. The molecule has 1 amide bonds. The van der Waals surface area contributed by atoms with Gasteiger partial charge in [0.15, 0.2) is 0 Å². The monoisotopic (exact) mass is 356 g/mol. The molecule has 2 aromatic rings. The summed E-state index contributed by atoms with van der Waals surface area (Å²) in [5, 5.41) is 6.38. The third kappa shape index (κ3) is 5.53. The van der Waals surface area contributed by atoms with Gasteiger partial charge in [0.1, 0.15) is 0 Å². The Labute approximate surface area is 148 Å². The topological polar surface area (TPSA) is 59.0 Å². The first-order valence-corrected chi connectivity index (χ1v) is 7.43. The summed E-state index contributed by atoms with van der Waals surface area (Å²) < 4.78 is 1.91. The van der Waals surface area contributed by atoms with Crippen LogP contribution in [0.1, 0.15) is 25.7 Å². The van der Waals surface area contributed by atoms with Gasteiger partial charge in [-0.1, -0.05) is 6.07 Å². The van der Waals surface area contributed by atoms with E-state index < -0.39 is 0 Å². The molecule has 1 unspecified atom stereocenters. The number of hydrogen-bond donors (Lipinski definition) is 2. The number of carbonyl (C=O) groups excluding carboxylic acids is 1. The van der Waals surface area contributed by atoms with Crippen molar-refractivity contribution in [3.05, 3.63) is 43.0 Å². The van der Waals surface area contributed by atoms with E-state index in [2.05, 4.69) is 15.6 Å². The van der Waals surface area contributed by atoms with Crippen LogP contribution in [0.25, 0.3) is 5.69 Å². The Bertz CT molecular complexity index is 598. The third-order valence-corrected chi connectivity index (χ3v) is 3.81. The van der Waals surface area contributed by atoms with Crippen molar-refractivity contribution in [3.63, 3.8) is 0 Å². The molecule has 0 saturated carbocycles. The quantitative estimate of drug-likeness (QED) is 0.864. The lowest BCUT2D eigenvalue weighted by molar-refractivity contribution is -0.116. The molecule has 1 aromatic carbocycles. The predicted octanol–water partition coefficient (Wildman–Crippen LogP) is 3.19. The molecule has 23 heavy (non-hydrogen) atoms. The summed E-state index contributed by atoms with van der Waals surface area (Å²) in [5.41, 5.74) is 1.81. The van der Waals surface area contributed by atoms with Gasteiger partial charge >= 0.3 is 0 Å². The highest BCUT2D eigenvalue weighted by atomic mass is 35.5. The molecule has 2 N–H and O–H groups in total. The van der Waals surface area contributed by atoms with Crippen molar-refractivity contribution in [3.8, 4) is 5.69 Å². The summed E-state index contributed by atoms with van der Waals surface area (Å²) in [7, 11) is 0. The van der Waals surface area contributed by atoms with E-state index in [-0.39, 0.29) is 30.7 Å². The normalized spacial score (nSPS) is 16.3. The first-order valence-electron chi connectivity index (χ1n) is 7.43. The lowest BCUT2D eigenvalue weighted by Gasteiger charge is -2.11. The molecule has 3 rings (SSSR count). The van der Waals surface area contributed by atoms with Crippen LogP contribution in [0.5, 0.6) is 0 Å². The molecule has 0 radical (unpaired) electrons. The van der Waals surface area contributed by atoms with Gasteiger partial charge in [0.05, 0.1) is 6.33 Å². The second kappa shape index (κ2) is 9.55. The molecular formula is C16H22Cl2N4O. The third-order valence-electron chi connectivity index (χ3n) is 3.81. The average Bonchev–Trinajstić information content (AvgIpc) is 3.19. The van der Waals surface area contributed by atoms with Crippen molar-refractivity contribution in [2.24, 2.45) is 0 Å². The minimum atomic E-state index is 0. The first kappa shape index (κ1) is 19.5. The fraction of sp³-hybridized carbons (Fsp3) is 0.375. The van der Waals surface area contributed by atoms with Crippen molar-refractivity contribution >= 4 is 36.4 Å². The summed E-state index contributed by atoms with van der Waals surface area (Å²) in [4.78, 5) is 16.0. The van der Waals surface area contributed by atoms with Gasteiger partial charge in [-0.3, -0.25) is 4.79 Å². The summed E-state index contributed by atoms with van der Waals surface area (Å²) in [6.07, 6.45) is 9.24. The number of hydrogen-bond acceptors (Lipinski definition) is 3. The maximum absolute atomic E-state index is 12.0. The van der Waals surface area contributed by atoms with Crippen molar-refractivity contribution in [2.75, 3.05) is 11.9 Å². The Balaban J connectivity index is 0.00000132. The molecule has 5 nitrogen and oxygen atoms in total. The second-order valence-electron chi connectivity index (χ2n) is 5.40. The predicted molar refractivity (Wildman–Crippen MR) is 96.9 cm³/mol. The number of rotatable bonds is 5. The van der Waals surface area contributed by atoms with E-state index in [1.165, 1.54) is 12.8 Å². The molecule has 0 spiro atoms. The van der Waals surface area contributed by atoms with Crippen molar-refractivity contribution in [1.82, 2.24) is 14.9 Å². The second-order valence-corrected chi connectivity index (χ2v) is 5.40. The Morgan fingerprint density at radius 1 is 1.39 bits per heavy atom. The van der Waals surface area contributed by atoms with Crippen LogP contribution in [0.2, 0.25) is 0 Å². The van der Waals surface area contributed by atoms with Crippen LogP contribution in [-0.2, 0) is 4.79 Å². The fourth-order valence-corrected chi connectivity index (χ4v) is 2.69. The molecular weight excluding hydrogens is 335 g/mol. The van der Waals surface area contributed by atoms with E-state index in [1.54, 1.807) is 12.5 Å². The number of benzene rings is 1. The highest BCUT2D eigenvalue weighted by molar-refractivity contribution is 5.91. The number of aromatic nitrogens is 2. The van der Waals surface area contributed by atoms with Crippen LogP contribution < -0.4 is 10.6 Å². The average molecular weight is 357 g/mol. The van der Waals surface area contributed by atoms with Crippen LogP contribution in [0.3, 0.4) is 0 Å². The van der Waals surface area contributed by atoms with E-state index in [9.17, 15) is 4.79 Å². The van der Waals surface area contributed by atoms with Crippen molar-refractivity contribution < 1.29 is 4.79 Å². The van der Waals surface area contributed by atoms with E-state index in [1.807, 2.05) is 35.0 Å². The smallest absolute Gasteiger partial charge is 0.224 e. The van der Waals surface area contributed by atoms with Gasteiger partial charge in [-0.2, -0.15) is 0 Å². The minimum Gasteiger partial charge on any atom is -0.326 e. The van der Waals surface area contributed by atoms with Gasteiger partial charge in [0, 0.05) is 36.2 Å². The van der Waals surface area contributed by atoms with E-state index in [0.29, 0.717) is 12.5 Å². The largest absolute Gasteiger partial charge is 0.326 e. The van der Waals surface area contributed by atoms with E-state index >= 15 is 0 Å². The van der Waals surface area contributed by atoms with Crippen LogP contribution in [0.4, 0.5) is 5.69 Å². The Kier molecular flexibility index (Phi) is 8.09. The summed E-state index contributed by atoms with van der Waals surface area (Å²) >= 11 is 0. The maximum atomic E-state index is 12.0. The summed E-state index contributed by atoms with van der Waals surface area (Å²) in [6, 6.07) is 8.29. The van der Waals surface area contributed by atoms with Crippen LogP contribution in [0, 0.1) is 0 Å². The van der Waals surface area contributed by atoms with E-state index in [4.69, 9.17) is 0 Å². The number of nitrogens with one attached hydrogen (secondary N) is 2. The molecule has 1 atom stereocenters. The van der Waals surface area contributed by atoms with Gasteiger partial charge in [-0.25, -0.2) is 4.98 Å². The number of nitrogens with zero attached hydrogens (tertiary/aromatic N) is 2. The summed E-state index contributed by atoms with van der Waals surface area (Å²) in [6.45, 7) is 1.08. The SMILES string of the molecule is Cl.Cl.O=C(CCC1CCCN1)Nc1cccc(-n2ccnc2)c1. The zero-order valence-electron chi connectivity index (χ0n) is 12.8. The zero-order chi connectivity index (χ0) is 14.5. The highest BCUT2D eigenvalue weighted by Gasteiger charge is 2.15. The highest BCUT2D eigenvalue weighted by Crippen LogP contribution is 2.16. The molecule has 1 saturated heterocycles. The van der Waals surface area contributed by atoms with Crippen LogP contribution >= 0.6 is 24.8 Å². The Morgan fingerprint density at radius 2 is 2.26 bits per heavy atom. The van der Waals surface area contributed by atoms with Gasteiger partial charge in [0.2, 0.25) is 5.91 Å². The fourth-order valence-electron chi connectivity index (χ4n) is 2.69. The molecule has 0 aliphatic carbocycles. The van der Waals surface area contributed by atoms with Crippen molar-refractivity contribution in [1.29, 1.82) is 0 Å². The molecule has 0 bridgehead atoms. The Hall–Kier alpha value is -1.56. The van der Waals surface area contributed by atoms with Gasteiger partial charge in [-0.05, 0) is 44.0 Å². The number of carbonyl (C=O) groups is 1. The van der Waals surface area contributed by atoms with Gasteiger partial charge in [0.25, 0.3) is 0 Å². The lowest BCUT2D eigenvalue weighted by Crippen LogP contribution is -2.23. The molecule has 1 aromatic heterocycles. The van der Waals surface area contributed by atoms with Gasteiger partial charge < -0.3 is 15.2 Å². The Morgan fingerprint density at radius 3 is 2.96 bits per heavy atom. The number of imidazole rings is 1. The maximum Gasteiger partial charge on any atom is 0.224 e. The molecule has 1 aliphatic heterocycles. The van der Waals surface area contributed by atoms with Crippen molar-refractivity contribution in [2.45, 2.75) is 31.7 Å². The van der Waals surface area contributed by atoms with E-state index in [0.717, 1.165) is 24.3 Å². The standard InChI is InChI=1S/C16H20N4O.2ClH/c21-16(7-6-13-4-2-8-18-13)19-14-3-1-5-15(11-14)20-10-9-17-12-20;;/h1,3,5,9-13,18H,2,4,6-8H2,(H,19,21);2*1H. The first-order chi connectivity index (χ1) is 10.3. The molecule has 1 aliphatic rings. The van der Waals surface area contributed by atoms with Crippen LogP contribution in [0.15, 0.2) is 43.0 Å². The number of amides is 1. The van der Waals surface area contributed by atoms with Gasteiger partial charge in [-0.15, -0.1) is 24.8 Å². The number of halogens is 2. The molecule has 2 heterocycles.